The highest BCUT2D eigenvalue weighted by Crippen LogP contribution is 2.21. The first kappa shape index (κ1) is 13.4. The Bertz CT molecular complexity index is 403. The first-order chi connectivity index (χ1) is 8.79. The van der Waals surface area contributed by atoms with Crippen LogP contribution in [0.3, 0.4) is 0 Å². The van der Waals surface area contributed by atoms with Gasteiger partial charge in [-0.15, -0.1) is 11.8 Å². The van der Waals surface area contributed by atoms with Crippen molar-refractivity contribution in [2.45, 2.75) is 37.1 Å². The van der Waals surface area contributed by atoms with E-state index in [1.807, 2.05) is 18.2 Å². The maximum absolute atomic E-state index is 12.1. The molecule has 0 radical (unpaired) electrons. The second-order valence-electron chi connectivity index (χ2n) is 4.45. The Balaban J connectivity index is 1.95. The van der Waals surface area contributed by atoms with Gasteiger partial charge in [-0.3, -0.25) is 4.79 Å². The maximum atomic E-state index is 12.1. The fourth-order valence-electron chi connectivity index (χ4n) is 2.14. The summed E-state index contributed by atoms with van der Waals surface area (Å²) >= 11 is 1.79. The first-order valence-electron chi connectivity index (χ1n) is 6.56. The van der Waals surface area contributed by atoms with Crippen LogP contribution in [0.4, 0.5) is 5.69 Å². The molecule has 4 heteroatoms. The molecule has 1 amide bonds. The Labute approximate surface area is 113 Å². The quantitative estimate of drug-likeness (QED) is 0.822. The van der Waals surface area contributed by atoms with Crippen LogP contribution in [0.25, 0.3) is 0 Å². The highest BCUT2D eigenvalue weighted by molar-refractivity contribution is 7.99. The molecule has 0 spiro atoms. The summed E-state index contributed by atoms with van der Waals surface area (Å²) in [6, 6.07) is 8.01. The number of thioether (sulfide) groups is 1. The van der Waals surface area contributed by atoms with E-state index in [4.69, 9.17) is 0 Å². The van der Waals surface area contributed by atoms with Crippen LogP contribution in [-0.2, 0) is 4.79 Å². The number of piperidine rings is 1. The lowest BCUT2D eigenvalue weighted by molar-refractivity contribution is -0.118. The molecule has 3 nitrogen and oxygen atoms in total. The smallest absolute Gasteiger partial charge is 0.241 e. The molecule has 1 aromatic carbocycles. The third-order valence-electron chi connectivity index (χ3n) is 3.04. The number of hydrogen-bond donors (Lipinski definition) is 2. The standard InChI is InChI=1S/C14H20N2OS/c1-2-18-12-7-5-6-11(10-12)16-14(17)13-8-3-4-9-15-13/h5-7,10,13,15H,2-4,8-9H2,1H3,(H,16,17)/t13-/m0/s1. The number of benzene rings is 1. The van der Waals surface area contributed by atoms with E-state index in [1.54, 1.807) is 11.8 Å². The molecule has 1 aliphatic rings. The van der Waals surface area contributed by atoms with Crippen LogP contribution in [0.15, 0.2) is 29.2 Å². The van der Waals surface area contributed by atoms with E-state index in [0.717, 1.165) is 30.8 Å². The normalized spacial score (nSPS) is 19.5. The van der Waals surface area contributed by atoms with Crippen molar-refractivity contribution in [2.24, 2.45) is 0 Å². The van der Waals surface area contributed by atoms with Crippen LogP contribution in [0, 0.1) is 0 Å². The summed E-state index contributed by atoms with van der Waals surface area (Å²) in [5.74, 6) is 1.13. The third kappa shape index (κ3) is 3.75. The Kier molecular flexibility index (Phi) is 5.08. The third-order valence-corrected chi connectivity index (χ3v) is 3.92. The molecular formula is C14H20N2OS. The Morgan fingerprint density at radius 2 is 2.39 bits per heavy atom. The van der Waals surface area contributed by atoms with Crippen molar-refractivity contribution in [3.63, 3.8) is 0 Å². The van der Waals surface area contributed by atoms with Crippen molar-refractivity contribution in [1.29, 1.82) is 0 Å². The molecule has 1 saturated heterocycles. The van der Waals surface area contributed by atoms with Crippen LogP contribution < -0.4 is 10.6 Å². The molecule has 0 aliphatic carbocycles. The van der Waals surface area contributed by atoms with E-state index >= 15 is 0 Å². The van der Waals surface area contributed by atoms with E-state index in [1.165, 1.54) is 11.3 Å². The van der Waals surface area contributed by atoms with E-state index in [-0.39, 0.29) is 11.9 Å². The SMILES string of the molecule is CCSc1cccc(NC(=O)[C@@H]2CCCCN2)c1. The fraction of sp³-hybridized carbons (Fsp3) is 0.500. The minimum atomic E-state index is -0.0266. The summed E-state index contributed by atoms with van der Waals surface area (Å²) in [5.41, 5.74) is 0.894. The summed E-state index contributed by atoms with van der Waals surface area (Å²) in [4.78, 5) is 13.3. The van der Waals surface area contributed by atoms with Gasteiger partial charge in [0.25, 0.3) is 0 Å². The lowest BCUT2D eigenvalue weighted by Gasteiger charge is -2.22. The lowest BCUT2D eigenvalue weighted by Crippen LogP contribution is -2.43. The van der Waals surface area contributed by atoms with Crippen molar-refractivity contribution in [3.8, 4) is 0 Å². The second kappa shape index (κ2) is 6.81. The number of carbonyl (C=O) groups excluding carboxylic acids is 1. The lowest BCUT2D eigenvalue weighted by atomic mass is 10.0. The van der Waals surface area contributed by atoms with E-state index < -0.39 is 0 Å². The molecule has 0 aromatic heterocycles. The van der Waals surface area contributed by atoms with Gasteiger partial charge in [-0.05, 0) is 43.3 Å². The molecule has 98 valence electrons. The number of rotatable bonds is 4. The molecule has 2 rings (SSSR count). The second-order valence-corrected chi connectivity index (χ2v) is 5.79. The van der Waals surface area contributed by atoms with Crippen LogP contribution in [-0.4, -0.2) is 24.2 Å². The number of hydrogen-bond acceptors (Lipinski definition) is 3. The monoisotopic (exact) mass is 264 g/mol. The summed E-state index contributed by atoms with van der Waals surface area (Å²) in [6.45, 7) is 3.08. The van der Waals surface area contributed by atoms with Gasteiger partial charge < -0.3 is 10.6 Å². The maximum Gasteiger partial charge on any atom is 0.241 e. The molecular weight excluding hydrogens is 244 g/mol. The van der Waals surface area contributed by atoms with Gasteiger partial charge >= 0.3 is 0 Å². The fourth-order valence-corrected chi connectivity index (χ4v) is 2.85. The number of amides is 1. The van der Waals surface area contributed by atoms with Gasteiger partial charge in [0.05, 0.1) is 6.04 Å². The first-order valence-corrected chi connectivity index (χ1v) is 7.55. The minimum Gasteiger partial charge on any atom is -0.325 e. The molecule has 2 N–H and O–H groups in total. The van der Waals surface area contributed by atoms with Gasteiger partial charge in [-0.2, -0.15) is 0 Å². The van der Waals surface area contributed by atoms with Gasteiger partial charge in [0, 0.05) is 10.6 Å². The van der Waals surface area contributed by atoms with Crippen molar-refractivity contribution in [3.05, 3.63) is 24.3 Å². The van der Waals surface area contributed by atoms with Crippen molar-refractivity contribution in [2.75, 3.05) is 17.6 Å². The molecule has 0 saturated carbocycles. The van der Waals surface area contributed by atoms with Crippen LogP contribution in [0.1, 0.15) is 26.2 Å². The topological polar surface area (TPSA) is 41.1 Å². The summed E-state index contributed by atoms with van der Waals surface area (Å²) in [7, 11) is 0. The molecule has 1 fully saturated rings. The van der Waals surface area contributed by atoms with Gasteiger partial charge in [0.2, 0.25) is 5.91 Å². The molecule has 1 atom stereocenters. The molecule has 1 heterocycles. The van der Waals surface area contributed by atoms with Gasteiger partial charge in [0.1, 0.15) is 0 Å². The van der Waals surface area contributed by atoms with Gasteiger partial charge in [0.15, 0.2) is 0 Å². The summed E-state index contributed by atoms with van der Waals surface area (Å²) < 4.78 is 0. The highest BCUT2D eigenvalue weighted by Gasteiger charge is 2.20. The van der Waals surface area contributed by atoms with E-state index in [2.05, 4.69) is 23.6 Å². The molecule has 1 aromatic rings. The van der Waals surface area contributed by atoms with Crippen molar-refractivity contribution >= 4 is 23.4 Å². The summed E-state index contributed by atoms with van der Waals surface area (Å²) in [6.07, 6.45) is 3.25. The predicted molar refractivity (Wildman–Crippen MR) is 77.1 cm³/mol. The van der Waals surface area contributed by atoms with E-state index in [0.29, 0.717) is 0 Å². The van der Waals surface area contributed by atoms with Crippen molar-refractivity contribution < 1.29 is 4.79 Å². The zero-order chi connectivity index (χ0) is 12.8. The van der Waals surface area contributed by atoms with E-state index in [9.17, 15) is 4.79 Å². The Hall–Kier alpha value is -1.00. The number of nitrogens with one attached hydrogen (secondary N) is 2. The van der Waals surface area contributed by atoms with Crippen LogP contribution in [0.2, 0.25) is 0 Å². The highest BCUT2D eigenvalue weighted by atomic mass is 32.2. The zero-order valence-electron chi connectivity index (χ0n) is 10.7. The average Bonchev–Trinajstić information content (AvgIpc) is 2.40. The molecule has 0 bridgehead atoms. The van der Waals surface area contributed by atoms with Gasteiger partial charge in [-0.1, -0.05) is 19.4 Å². The average molecular weight is 264 g/mol. The zero-order valence-corrected chi connectivity index (χ0v) is 11.6. The Morgan fingerprint density at radius 1 is 1.50 bits per heavy atom. The largest absolute Gasteiger partial charge is 0.325 e. The van der Waals surface area contributed by atoms with Crippen LogP contribution >= 0.6 is 11.8 Å². The predicted octanol–water partition coefficient (Wildman–Crippen LogP) is 2.88. The molecule has 1 aliphatic heterocycles. The Morgan fingerprint density at radius 3 is 3.11 bits per heavy atom. The molecule has 18 heavy (non-hydrogen) atoms. The number of carbonyl (C=O) groups is 1. The van der Waals surface area contributed by atoms with Gasteiger partial charge in [-0.25, -0.2) is 0 Å². The minimum absolute atomic E-state index is 0.0266. The molecule has 0 unspecified atom stereocenters. The van der Waals surface area contributed by atoms with Crippen LogP contribution in [0.5, 0.6) is 0 Å². The summed E-state index contributed by atoms with van der Waals surface area (Å²) in [5, 5.41) is 6.26. The van der Waals surface area contributed by atoms with Crippen molar-refractivity contribution in [1.82, 2.24) is 5.32 Å². The number of anilines is 1.